The number of halogens is 3. The van der Waals surface area contributed by atoms with E-state index in [1.54, 1.807) is 0 Å². The van der Waals surface area contributed by atoms with Gasteiger partial charge in [0.25, 0.3) is 0 Å². The van der Waals surface area contributed by atoms with Crippen molar-refractivity contribution < 1.29 is 23.0 Å². The lowest BCUT2D eigenvalue weighted by Crippen LogP contribution is -2.50. The van der Waals surface area contributed by atoms with Gasteiger partial charge in [-0.1, -0.05) is 0 Å². The second-order valence-electron chi connectivity index (χ2n) is 5.07. The largest absolute Gasteiger partial charge is 0.390 e. The van der Waals surface area contributed by atoms with Crippen LogP contribution in [0.5, 0.6) is 0 Å². The Bertz CT molecular complexity index is 246. The second-order valence-corrected chi connectivity index (χ2v) is 5.07. The molecule has 0 aromatic heterocycles. The summed E-state index contributed by atoms with van der Waals surface area (Å²) in [6.45, 7) is 6.03. The Labute approximate surface area is 106 Å². The standard InChI is InChI=1S/C12H22F3NO2/c1-9(2)16-6-7-18-11(8-16)10(17)4-3-5-12(13,14)15/h9-11,17H,3-8H2,1-2H3. The van der Waals surface area contributed by atoms with Crippen LogP contribution in [-0.4, -0.2) is 54.1 Å². The van der Waals surface area contributed by atoms with E-state index in [1.165, 1.54) is 0 Å². The summed E-state index contributed by atoms with van der Waals surface area (Å²) in [7, 11) is 0. The molecule has 2 atom stereocenters. The van der Waals surface area contributed by atoms with E-state index in [2.05, 4.69) is 18.7 Å². The van der Waals surface area contributed by atoms with Crippen LogP contribution in [0, 0.1) is 0 Å². The van der Waals surface area contributed by atoms with Crippen molar-refractivity contribution in [1.29, 1.82) is 0 Å². The van der Waals surface area contributed by atoms with Crippen molar-refractivity contribution in [2.24, 2.45) is 0 Å². The van der Waals surface area contributed by atoms with Gasteiger partial charge in [-0.15, -0.1) is 0 Å². The maximum Gasteiger partial charge on any atom is 0.389 e. The van der Waals surface area contributed by atoms with Crippen LogP contribution in [0.3, 0.4) is 0 Å². The summed E-state index contributed by atoms with van der Waals surface area (Å²) in [5.74, 6) is 0. The molecule has 0 aliphatic carbocycles. The van der Waals surface area contributed by atoms with Gasteiger partial charge in [0.05, 0.1) is 18.8 Å². The monoisotopic (exact) mass is 269 g/mol. The van der Waals surface area contributed by atoms with Crippen molar-refractivity contribution >= 4 is 0 Å². The highest BCUT2D eigenvalue weighted by atomic mass is 19.4. The minimum absolute atomic E-state index is 0.0494. The average molecular weight is 269 g/mol. The zero-order chi connectivity index (χ0) is 13.8. The van der Waals surface area contributed by atoms with Gasteiger partial charge in [0.1, 0.15) is 0 Å². The van der Waals surface area contributed by atoms with Crippen LogP contribution < -0.4 is 0 Å². The Hall–Kier alpha value is -0.330. The van der Waals surface area contributed by atoms with E-state index in [0.717, 1.165) is 6.54 Å². The lowest BCUT2D eigenvalue weighted by atomic mass is 10.0. The van der Waals surface area contributed by atoms with Crippen LogP contribution in [0.4, 0.5) is 13.2 Å². The van der Waals surface area contributed by atoms with Crippen molar-refractivity contribution in [1.82, 2.24) is 4.90 Å². The van der Waals surface area contributed by atoms with Crippen molar-refractivity contribution in [3.63, 3.8) is 0 Å². The van der Waals surface area contributed by atoms with E-state index in [9.17, 15) is 18.3 Å². The van der Waals surface area contributed by atoms with E-state index in [1.807, 2.05) is 0 Å². The minimum Gasteiger partial charge on any atom is -0.390 e. The third-order valence-electron chi connectivity index (χ3n) is 3.24. The summed E-state index contributed by atoms with van der Waals surface area (Å²) >= 11 is 0. The SMILES string of the molecule is CC(C)N1CCOC(C(O)CCCC(F)(F)F)C1. The summed E-state index contributed by atoms with van der Waals surface area (Å²) in [5, 5.41) is 9.85. The smallest absolute Gasteiger partial charge is 0.389 e. The molecule has 1 heterocycles. The van der Waals surface area contributed by atoms with Crippen LogP contribution in [0.15, 0.2) is 0 Å². The van der Waals surface area contributed by atoms with Gasteiger partial charge >= 0.3 is 6.18 Å². The Kier molecular flexibility index (Phi) is 5.88. The van der Waals surface area contributed by atoms with Crippen molar-refractivity contribution in [2.45, 2.75) is 57.5 Å². The fraction of sp³-hybridized carbons (Fsp3) is 1.00. The highest BCUT2D eigenvalue weighted by Gasteiger charge is 2.30. The lowest BCUT2D eigenvalue weighted by molar-refractivity contribution is -0.139. The molecule has 0 aromatic rings. The Balaban J connectivity index is 2.30. The van der Waals surface area contributed by atoms with Gasteiger partial charge in [0, 0.05) is 25.6 Å². The molecule has 0 radical (unpaired) electrons. The first kappa shape index (κ1) is 15.7. The maximum absolute atomic E-state index is 12.0. The number of rotatable bonds is 5. The lowest BCUT2D eigenvalue weighted by Gasteiger charge is -2.37. The number of hydrogen-bond donors (Lipinski definition) is 1. The van der Waals surface area contributed by atoms with Crippen molar-refractivity contribution in [3.05, 3.63) is 0 Å². The van der Waals surface area contributed by atoms with Gasteiger partial charge in [-0.05, 0) is 26.7 Å². The number of morpholine rings is 1. The molecule has 18 heavy (non-hydrogen) atoms. The topological polar surface area (TPSA) is 32.7 Å². The Morgan fingerprint density at radius 1 is 1.39 bits per heavy atom. The maximum atomic E-state index is 12.0. The van der Waals surface area contributed by atoms with Gasteiger partial charge in [-0.2, -0.15) is 13.2 Å². The van der Waals surface area contributed by atoms with E-state index < -0.39 is 18.7 Å². The molecule has 1 fully saturated rings. The van der Waals surface area contributed by atoms with Gasteiger partial charge in [-0.3, -0.25) is 4.90 Å². The van der Waals surface area contributed by atoms with Crippen LogP contribution in [-0.2, 0) is 4.74 Å². The van der Waals surface area contributed by atoms with Crippen molar-refractivity contribution in [2.75, 3.05) is 19.7 Å². The molecule has 0 spiro atoms. The third kappa shape index (κ3) is 5.54. The number of ether oxygens (including phenoxy) is 1. The molecule has 1 N–H and O–H groups in total. The zero-order valence-electron chi connectivity index (χ0n) is 10.9. The highest BCUT2D eigenvalue weighted by molar-refractivity contribution is 4.79. The van der Waals surface area contributed by atoms with Gasteiger partial charge < -0.3 is 9.84 Å². The molecule has 0 saturated carbocycles. The predicted octanol–water partition coefficient (Wildman–Crippen LogP) is 2.19. The number of nitrogens with zero attached hydrogens (tertiary/aromatic N) is 1. The predicted molar refractivity (Wildman–Crippen MR) is 62.4 cm³/mol. The molecule has 0 amide bonds. The Morgan fingerprint density at radius 2 is 2.06 bits per heavy atom. The normalized spacial score (nSPS) is 24.5. The first-order chi connectivity index (χ1) is 8.29. The molecule has 0 bridgehead atoms. The molecular weight excluding hydrogens is 247 g/mol. The number of aliphatic hydroxyl groups is 1. The molecule has 1 aliphatic heterocycles. The molecule has 1 saturated heterocycles. The van der Waals surface area contributed by atoms with Crippen molar-refractivity contribution in [3.8, 4) is 0 Å². The zero-order valence-corrected chi connectivity index (χ0v) is 10.9. The summed E-state index contributed by atoms with van der Waals surface area (Å²) < 4.78 is 41.4. The van der Waals surface area contributed by atoms with Gasteiger partial charge in [0.2, 0.25) is 0 Å². The second kappa shape index (κ2) is 6.73. The number of alkyl halides is 3. The fourth-order valence-electron chi connectivity index (χ4n) is 2.10. The molecule has 108 valence electrons. The summed E-state index contributed by atoms with van der Waals surface area (Å²) in [5.41, 5.74) is 0. The Morgan fingerprint density at radius 3 is 2.61 bits per heavy atom. The van der Waals surface area contributed by atoms with Gasteiger partial charge in [-0.25, -0.2) is 0 Å². The summed E-state index contributed by atoms with van der Waals surface area (Å²) in [6.07, 6.45) is -6.08. The van der Waals surface area contributed by atoms with E-state index in [4.69, 9.17) is 4.74 Å². The minimum atomic E-state index is -4.14. The first-order valence-electron chi connectivity index (χ1n) is 6.40. The van der Waals surface area contributed by atoms with Crippen LogP contribution in [0.2, 0.25) is 0 Å². The summed E-state index contributed by atoms with van der Waals surface area (Å²) in [6, 6.07) is 0.360. The van der Waals surface area contributed by atoms with Crippen LogP contribution in [0.1, 0.15) is 33.1 Å². The van der Waals surface area contributed by atoms with E-state index in [-0.39, 0.29) is 18.9 Å². The average Bonchev–Trinajstić information content (AvgIpc) is 2.27. The third-order valence-corrected chi connectivity index (χ3v) is 3.24. The van der Waals surface area contributed by atoms with E-state index >= 15 is 0 Å². The van der Waals surface area contributed by atoms with Gasteiger partial charge in [0.15, 0.2) is 0 Å². The molecular formula is C12H22F3NO2. The molecule has 6 heteroatoms. The van der Waals surface area contributed by atoms with E-state index in [0.29, 0.717) is 19.2 Å². The van der Waals surface area contributed by atoms with Crippen LogP contribution >= 0.6 is 0 Å². The molecule has 2 unspecified atom stereocenters. The number of aliphatic hydroxyl groups excluding tert-OH is 1. The highest BCUT2D eigenvalue weighted by Crippen LogP contribution is 2.24. The fourth-order valence-corrected chi connectivity index (χ4v) is 2.10. The molecule has 1 aliphatic rings. The molecule has 1 rings (SSSR count). The molecule has 0 aromatic carbocycles. The first-order valence-corrected chi connectivity index (χ1v) is 6.40. The van der Waals surface area contributed by atoms with Crippen LogP contribution in [0.25, 0.3) is 0 Å². The number of hydrogen-bond acceptors (Lipinski definition) is 3. The molecule has 3 nitrogen and oxygen atoms in total. The summed E-state index contributed by atoms with van der Waals surface area (Å²) in [4.78, 5) is 2.17. The quantitative estimate of drug-likeness (QED) is 0.830.